The average Bonchev–Trinajstić information content (AvgIpc) is 3.11. The standard InChI is InChI=1S/C22H25N5O4/c1-13(2)18(24-20(28)15-8-10-16(31-4)11-9-15)21(29)25-26-22(30)19-14(3)23-17-7-5-6-12-27(17)19/h5-13,18H,1-4H3,(H,24,28)(H,25,29)(H,26,30)/t18-/m1/s1. The van der Waals surface area contributed by atoms with Gasteiger partial charge in [0.05, 0.1) is 12.8 Å². The van der Waals surface area contributed by atoms with E-state index in [1.165, 1.54) is 7.11 Å². The summed E-state index contributed by atoms with van der Waals surface area (Å²) in [5.41, 5.74) is 6.69. The molecule has 0 spiro atoms. The number of aryl methyl sites for hydroxylation is 1. The second-order valence-corrected chi connectivity index (χ2v) is 7.34. The number of fused-ring (bicyclic) bond motifs is 1. The van der Waals surface area contributed by atoms with Crippen LogP contribution in [0.2, 0.25) is 0 Å². The monoisotopic (exact) mass is 423 g/mol. The molecular weight excluding hydrogens is 398 g/mol. The minimum Gasteiger partial charge on any atom is -0.497 e. The summed E-state index contributed by atoms with van der Waals surface area (Å²) >= 11 is 0. The number of ether oxygens (including phenoxy) is 1. The van der Waals surface area contributed by atoms with Crippen LogP contribution in [0.3, 0.4) is 0 Å². The number of imidazole rings is 1. The van der Waals surface area contributed by atoms with Gasteiger partial charge in [-0.1, -0.05) is 19.9 Å². The lowest BCUT2D eigenvalue weighted by molar-refractivity contribution is -0.124. The van der Waals surface area contributed by atoms with Crippen LogP contribution >= 0.6 is 0 Å². The molecule has 9 nitrogen and oxygen atoms in total. The molecule has 0 saturated carbocycles. The van der Waals surface area contributed by atoms with E-state index in [0.717, 1.165) is 0 Å². The molecule has 3 N–H and O–H groups in total. The molecule has 2 aromatic heterocycles. The Labute approximate surface area is 179 Å². The van der Waals surface area contributed by atoms with Crippen LogP contribution in [-0.4, -0.2) is 40.3 Å². The van der Waals surface area contributed by atoms with E-state index in [0.29, 0.717) is 28.3 Å². The van der Waals surface area contributed by atoms with Gasteiger partial charge in [0.2, 0.25) is 0 Å². The third kappa shape index (κ3) is 4.82. The van der Waals surface area contributed by atoms with E-state index in [-0.39, 0.29) is 5.92 Å². The van der Waals surface area contributed by atoms with Crippen LogP contribution in [0.5, 0.6) is 5.75 Å². The number of carbonyl (C=O) groups is 3. The molecule has 1 atom stereocenters. The summed E-state index contributed by atoms with van der Waals surface area (Å²) in [7, 11) is 1.54. The highest BCUT2D eigenvalue weighted by atomic mass is 16.5. The van der Waals surface area contributed by atoms with Crippen LogP contribution < -0.4 is 20.9 Å². The van der Waals surface area contributed by atoms with E-state index in [4.69, 9.17) is 4.74 Å². The minimum absolute atomic E-state index is 0.211. The van der Waals surface area contributed by atoms with Crippen molar-refractivity contribution >= 4 is 23.4 Å². The van der Waals surface area contributed by atoms with E-state index < -0.39 is 23.8 Å². The third-order valence-electron chi connectivity index (χ3n) is 4.81. The number of hydrogen-bond donors (Lipinski definition) is 3. The normalized spacial score (nSPS) is 11.8. The molecule has 0 aliphatic heterocycles. The third-order valence-corrected chi connectivity index (χ3v) is 4.81. The number of rotatable bonds is 6. The van der Waals surface area contributed by atoms with Crippen LogP contribution in [0.25, 0.3) is 5.65 Å². The summed E-state index contributed by atoms with van der Waals surface area (Å²) in [6.07, 6.45) is 1.72. The predicted molar refractivity (Wildman–Crippen MR) is 115 cm³/mol. The van der Waals surface area contributed by atoms with Crippen molar-refractivity contribution in [3.63, 3.8) is 0 Å². The van der Waals surface area contributed by atoms with Gasteiger partial charge in [-0.25, -0.2) is 4.98 Å². The molecule has 31 heavy (non-hydrogen) atoms. The fourth-order valence-electron chi connectivity index (χ4n) is 3.14. The van der Waals surface area contributed by atoms with E-state index in [1.54, 1.807) is 67.8 Å². The molecule has 0 saturated heterocycles. The van der Waals surface area contributed by atoms with Crippen molar-refractivity contribution in [3.05, 3.63) is 65.6 Å². The van der Waals surface area contributed by atoms with Gasteiger partial charge in [-0.15, -0.1) is 0 Å². The summed E-state index contributed by atoms with van der Waals surface area (Å²) in [4.78, 5) is 42.2. The quantitative estimate of drug-likeness (QED) is 0.524. The number of methoxy groups -OCH3 is 1. The van der Waals surface area contributed by atoms with Crippen molar-refractivity contribution in [1.82, 2.24) is 25.6 Å². The van der Waals surface area contributed by atoms with Crippen LogP contribution in [0.15, 0.2) is 48.7 Å². The van der Waals surface area contributed by atoms with Gasteiger partial charge in [0.15, 0.2) is 0 Å². The summed E-state index contributed by atoms with van der Waals surface area (Å²) in [5, 5.41) is 2.71. The molecule has 3 amide bonds. The molecule has 3 rings (SSSR count). The lowest BCUT2D eigenvalue weighted by Crippen LogP contribution is -2.54. The lowest BCUT2D eigenvalue weighted by Gasteiger charge is -2.22. The van der Waals surface area contributed by atoms with E-state index >= 15 is 0 Å². The summed E-state index contributed by atoms with van der Waals surface area (Å²) < 4.78 is 6.73. The zero-order chi connectivity index (χ0) is 22.5. The number of nitrogens with zero attached hydrogens (tertiary/aromatic N) is 2. The second kappa shape index (κ2) is 9.29. The maximum atomic E-state index is 12.7. The molecular formula is C22H25N5O4. The number of amides is 3. The van der Waals surface area contributed by atoms with Crippen molar-refractivity contribution in [3.8, 4) is 5.75 Å². The number of hydrogen-bond acceptors (Lipinski definition) is 5. The largest absolute Gasteiger partial charge is 0.497 e. The van der Waals surface area contributed by atoms with Gasteiger partial charge in [0.1, 0.15) is 23.1 Å². The first kappa shape index (κ1) is 21.8. The van der Waals surface area contributed by atoms with E-state index in [1.807, 2.05) is 6.07 Å². The van der Waals surface area contributed by atoms with Gasteiger partial charge in [-0.3, -0.25) is 29.6 Å². The molecule has 3 aromatic rings. The van der Waals surface area contributed by atoms with Crippen molar-refractivity contribution < 1.29 is 19.1 Å². The van der Waals surface area contributed by atoms with Crippen LogP contribution in [0.1, 0.15) is 40.4 Å². The van der Waals surface area contributed by atoms with Gasteiger partial charge in [-0.05, 0) is 49.2 Å². The number of carbonyl (C=O) groups excluding carboxylic acids is 3. The smallest absolute Gasteiger partial charge is 0.288 e. The van der Waals surface area contributed by atoms with Crippen LogP contribution in [0, 0.1) is 12.8 Å². The fourth-order valence-corrected chi connectivity index (χ4v) is 3.14. The van der Waals surface area contributed by atoms with E-state index in [9.17, 15) is 14.4 Å². The summed E-state index contributed by atoms with van der Waals surface area (Å²) in [6, 6.07) is 11.1. The first-order valence-electron chi connectivity index (χ1n) is 9.80. The Balaban J connectivity index is 1.66. The molecule has 0 radical (unpaired) electrons. The molecule has 0 unspecified atom stereocenters. The Morgan fingerprint density at radius 2 is 1.71 bits per heavy atom. The SMILES string of the molecule is COc1ccc(C(=O)N[C@@H](C(=O)NNC(=O)c2c(C)nc3ccccn23)C(C)C)cc1. The van der Waals surface area contributed by atoms with Crippen LogP contribution in [-0.2, 0) is 4.79 Å². The maximum absolute atomic E-state index is 12.7. The highest BCUT2D eigenvalue weighted by Crippen LogP contribution is 2.13. The molecule has 162 valence electrons. The zero-order valence-electron chi connectivity index (χ0n) is 17.8. The minimum atomic E-state index is -0.849. The Bertz CT molecular complexity index is 1100. The molecule has 1 aromatic carbocycles. The molecule has 2 heterocycles. The molecule has 9 heteroatoms. The average molecular weight is 423 g/mol. The van der Waals surface area contributed by atoms with Gasteiger partial charge in [-0.2, -0.15) is 0 Å². The number of benzene rings is 1. The van der Waals surface area contributed by atoms with Crippen molar-refractivity contribution in [2.75, 3.05) is 7.11 Å². The second-order valence-electron chi connectivity index (χ2n) is 7.34. The first-order valence-corrected chi connectivity index (χ1v) is 9.80. The van der Waals surface area contributed by atoms with Gasteiger partial charge < -0.3 is 10.1 Å². The van der Waals surface area contributed by atoms with Gasteiger partial charge >= 0.3 is 0 Å². The Hall–Kier alpha value is -3.88. The number of pyridine rings is 1. The first-order chi connectivity index (χ1) is 14.8. The predicted octanol–water partition coefficient (Wildman–Crippen LogP) is 1.87. The number of nitrogens with one attached hydrogen (secondary N) is 3. The molecule has 0 bridgehead atoms. The highest BCUT2D eigenvalue weighted by Gasteiger charge is 2.26. The molecule has 0 aliphatic carbocycles. The van der Waals surface area contributed by atoms with Crippen molar-refractivity contribution in [2.24, 2.45) is 5.92 Å². The molecule has 0 aliphatic rings. The zero-order valence-corrected chi connectivity index (χ0v) is 17.8. The number of hydrazine groups is 1. The summed E-state index contributed by atoms with van der Waals surface area (Å²) in [5.74, 6) is -1.03. The van der Waals surface area contributed by atoms with Crippen molar-refractivity contribution in [2.45, 2.75) is 26.8 Å². The van der Waals surface area contributed by atoms with Gasteiger partial charge in [0.25, 0.3) is 17.7 Å². The fraction of sp³-hybridized carbons (Fsp3) is 0.273. The Morgan fingerprint density at radius 3 is 2.35 bits per heavy atom. The molecule has 0 fully saturated rings. The Kier molecular flexibility index (Phi) is 6.54. The van der Waals surface area contributed by atoms with E-state index in [2.05, 4.69) is 21.2 Å². The van der Waals surface area contributed by atoms with Crippen molar-refractivity contribution in [1.29, 1.82) is 0 Å². The van der Waals surface area contributed by atoms with Gasteiger partial charge in [0, 0.05) is 11.8 Å². The Morgan fingerprint density at radius 1 is 1.00 bits per heavy atom. The topological polar surface area (TPSA) is 114 Å². The summed E-state index contributed by atoms with van der Waals surface area (Å²) in [6.45, 7) is 5.32. The lowest BCUT2D eigenvalue weighted by atomic mass is 10.0. The van der Waals surface area contributed by atoms with Crippen LogP contribution in [0.4, 0.5) is 0 Å². The maximum Gasteiger partial charge on any atom is 0.288 e. The highest BCUT2D eigenvalue weighted by molar-refractivity contribution is 5.99. The number of aromatic nitrogens is 2.